The quantitative estimate of drug-likeness (QED) is 0.609. The first kappa shape index (κ1) is 11.3. The van der Waals surface area contributed by atoms with Crippen molar-refractivity contribution >= 4 is 5.78 Å². The van der Waals surface area contributed by atoms with Gasteiger partial charge in [-0.3, -0.25) is 4.79 Å². The van der Waals surface area contributed by atoms with Gasteiger partial charge in [0.05, 0.1) is 0 Å². The second-order valence-electron chi connectivity index (χ2n) is 6.19. The average Bonchev–Trinajstić information content (AvgIpc) is 2.34. The number of carbonyl (C=O) groups excluding carboxylic acids is 1. The summed E-state index contributed by atoms with van der Waals surface area (Å²) in [5.41, 5.74) is 2.90. The molecule has 0 spiro atoms. The highest BCUT2D eigenvalue weighted by molar-refractivity contribution is 5.90. The number of hydrogen-bond acceptors (Lipinski definition) is 1. The summed E-state index contributed by atoms with van der Waals surface area (Å²) in [6.07, 6.45) is 14.0. The highest BCUT2D eigenvalue weighted by Crippen LogP contribution is 2.47. The molecule has 2 saturated carbocycles. The van der Waals surface area contributed by atoms with Crippen molar-refractivity contribution < 1.29 is 4.79 Å². The largest absolute Gasteiger partial charge is 0.298 e. The van der Waals surface area contributed by atoms with Crippen LogP contribution in [0, 0.1) is 11.3 Å². The number of fused-ring (bicyclic) bond motifs is 4. The van der Waals surface area contributed by atoms with Gasteiger partial charge in [0.1, 0.15) is 5.78 Å². The van der Waals surface area contributed by atoms with E-state index < -0.39 is 0 Å². The van der Waals surface area contributed by atoms with Gasteiger partial charge in [-0.15, -0.1) is 0 Å². The Morgan fingerprint density at radius 2 is 1.94 bits per heavy atom. The fraction of sp³-hybridized carbons (Fsp3) is 0.688. The van der Waals surface area contributed by atoms with E-state index in [1.165, 1.54) is 36.8 Å². The van der Waals surface area contributed by atoms with Crippen LogP contribution in [0.2, 0.25) is 0 Å². The minimum absolute atomic E-state index is 0.00721. The smallest absolute Gasteiger partial charge is 0.146 e. The number of rotatable bonds is 0. The Balaban J connectivity index is 1.99. The fourth-order valence-electron chi connectivity index (χ4n) is 3.94. The molecule has 17 heavy (non-hydrogen) atoms. The van der Waals surface area contributed by atoms with Crippen molar-refractivity contribution in [3.63, 3.8) is 0 Å². The van der Waals surface area contributed by atoms with Crippen LogP contribution in [0.1, 0.15) is 58.3 Å². The predicted octanol–water partition coefficient (Wildman–Crippen LogP) is 4.19. The first-order valence-electron chi connectivity index (χ1n) is 7.14. The van der Waals surface area contributed by atoms with Crippen molar-refractivity contribution in [2.24, 2.45) is 11.3 Å². The standard InChI is InChI=1S/C16H22O/c1-16-10-4-7-12-6-2-3-8-13(12)14(15(16)17)9-5-11-16/h6,8,14H,2-5,7,9-11H2,1H3. The van der Waals surface area contributed by atoms with Crippen LogP contribution in [0.3, 0.4) is 0 Å². The van der Waals surface area contributed by atoms with Crippen molar-refractivity contribution in [2.45, 2.75) is 58.3 Å². The molecule has 0 heterocycles. The Kier molecular flexibility index (Phi) is 2.72. The number of allylic oxidation sites excluding steroid dienone is 4. The summed E-state index contributed by atoms with van der Waals surface area (Å²) in [6.45, 7) is 2.21. The Labute approximate surface area is 104 Å². The predicted molar refractivity (Wildman–Crippen MR) is 69.7 cm³/mol. The van der Waals surface area contributed by atoms with Gasteiger partial charge in [0.15, 0.2) is 0 Å². The van der Waals surface area contributed by atoms with Gasteiger partial charge in [-0.1, -0.05) is 25.5 Å². The lowest BCUT2D eigenvalue weighted by Crippen LogP contribution is -2.40. The summed E-state index contributed by atoms with van der Waals surface area (Å²) in [6, 6.07) is 0. The molecule has 92 valence electrons. The maximum atomic E-state index is 12.7. The molecule has 1 nitrogen and oxygen atoms in total. The summed E-state index contributed by atoms with van der Waals surface area (Å²) in [4.78, 5) is 12.7. The summed E-state index contributed by atoms with van der Waals surface area (Å²) in [5.74, 6) is 0.781. The van der Waals surface area contributed by atoms with Crippen molar-refractivity contribution in [3.8, 4) is 0 Å². The Morgan fingerprint density at radius 3 is 2.82 bits per heavy atom. The lowest BCUT2D eigenvalue weighted by atomic mass is 9.62. The number of ketones is 1. The molecule has 0 aromatic rings. The fourth-order valence-corrected chi connectivity index (χ4v) is 3.94. The van der Waals surface area contributed by atoms with Gasteiger partial charge in [0.25, 0.3) is 0 Å². The normalized spacial score (nSPS) is 37.5. The Bertz CT molecular complexity index is 402. The molecular formula is C16H22O. The van der Waals surface area contributed by atoms with Crippen LogP contribution in [0.15, 0.2) is 23.3 Å². The monoisotopic (exact) mass is 230 g/mol. The van der Waals surface area contributed by atoms with Gasteiger partial charge in [-0.25, -0.2) is 0 Å². The van der Waals surface area contributed by atoms with Crippen LogP contribution in [0.5, 0.6) is 0 Å². The molecule has 2 unspecified atom stereocenters. The molecule has 0 aliphatic heterocycles. The van der Waals surface area contributed by atoms with Crippen LogP contribution in [-0.4, -0.2) is 5.78 Å². The minimum Gasteiger partial charge on any atom is -0.298 e. The molecule has 2 fully saturated rings. The SMILES string of the molecule is CC12CCCC3=CCCC=C3C(CCC1)C2=O. The zero-order chi connectivity index (χ0) is 11.9. The second kappa shape index (κ2) is 4.12. The van der Waals surface area contributed by atoms with Gasteiger partial charge in [-0.2, -0.15) is 0 Å². The highest BCUT2D eigenvalue weighted by atomic mass is 16.1. The zero-order valence-electron chi connectivity index (χ0n) is 10.8. The molecule has 0 N–H and O–H groups in total. The minimum atomic E-state index is -0.00721. The van der Waals surface area contributed by atoms with Crippen molar-refractivity contribution in [1.29, 1.82) is 0 Å². The molecule has 0 aromatic carbocycles. The highest BCUT2D eigenvalue weighted by Gasteiger charge is 2.43. The van der Waals surface area contributed by atoms with Gasteiger partial charge >= 0.3 is 0 Å². The van der Waals surface area contributed by atoms with E-state index in [2.05, 4.69) is 19.1 Å². The van der Waals surface area contributed by atoms with Crippen molar-refractivity contribution in [1.82, 2.24) is 0 Å². The molecule has 3 aliphatic carbocycles. The molecule has 3 rings (SSSR count). The summed E-state index contributed by atoms with van der Waals surface area (Å²) < 4.78 is 0. The van der Waals surface area contributed by atoms with E-state index in [4.69, 9.17) is 0 Å². The van der Waals surface area contributed by atoms with Crippen LogP contribution in [-0.2, 0) is 4.79 Å². The molecule has 1 heteroatoms. The van der Waals surface area contributed by atoms with Crippen LogP contribution < -0.4 is 0 Å². The van der Waals surface area contributed by atoms with E-state index in [0.717, 1.165) is 25.7 Å². The maximum absolute atomic E-state index is 12.7. The molecule has 2 bridgehead atoms. The van der Waals surface area contributed by atoms with Gasteiger partial charge in [0, 0.05) is 11.3 Å². The Morgan fingerprint density at radius 1 is 1.18 bits per heavy atom. The molecule has 0 saturated heterocycles. The number of Topliss-reactive ketones (excluding diaryl/α,β-unsaturated/α-hetero) is 1. The Hall–Kier alpha value is -0.850. The van der Waals surface area contributed by atoms with E-state index in [1.54, 1.807) is 0 Å². The first-order valence-corrected chi connectivity index (χ1v) is 7.14. The average molecular weight is 230 g/mol. The van der Waals surface area contributed by atoms with E-state index in [0.29, 0.717) is 5.78 Å². The van der Waals surface area contributed by atoms with E-state index in [9.17, 15) is 4.79 Å². The second-order valence-corrected chi connectivity index (χ2v) is 6.19. The lowest BCUT2D eigenvalue weighted by Gasteiger charge is -2.41. The molecule has 0 radical (unpaired) electrons. The van der Waals surface area contributed by atoms with Gasteiger partial charge in [0.2, 0.25) is 0 Å². The first-order chi connectivity index (χ1) is 8.21. The molecule has 0 aromatic heterocycles. The summed E-state index contributed by atoms with van der Waals surface area (Å²) >= 11 is 0. The number of carbonyl (C=O) groups is 1. The van der Waals surface area contributed by atoms with Gasteiger partial charge in [-0.05, 0) is 56.1 Å². The topological polar surface area (TPSA) is 17.1 Å². The maximum Gasteiger partial charge on any atom is 0.146 e. The van der Waals surface area contributed by atoms with Crippen molar-refractivity contribution in [3.05, 3.63) is 23.3 Å². The van der Waals surface area contributed by atoms with Crippen molar-refractivity contribution in [2.75, 3.05) is 0 Å². The number of hydrogen-bond donors (Lipinski definition) is 0. The van der Waals surface area contributed by atoms with E-state index >= 15 is 0 Å². The van der Waals surface area contributed by atoms with E-state index in [-0.39, 0.29) is 11.3 Å². The van der Waals surface area contributed by atoms with E-state index in [1.807, 2.05) is 0 Å². The summed E-state index contributed by atoms with van der Waals surface area (Å²) in [7, 11) is 0. The third-order valence-electron chi connectivity index (χ3n) is 4.98. The van der Waals surface area contributed by atoms with Crippen LogP contribution in [0.4, 0.5) is 0 Å². The van der Waals surface area contributed by atoms with Gasteiger partial charge < -0.3 is 0 Å². The third kappa shape index (κ3) is 1.80. The molecular weight excluding hydrogens is 208 g/mol. The summed E-state index contributed by atoms with van der Waals surface area (Å²) in [5, 5.41) is 0. The lowest BCUT2D eigenvalue weighted by molar-refractivity contribution is -0.134. The van der Waals surface area contributed by atoms with Crippen LogP contribution in [0.25, 0.3) is 0 Å². The third-order valence-corrected chi connectivity index (χ3v) is 4.98. The molecule has 2 atom stereocenters. The molecule has 3 aliphatic rings. The zero-order valence-corrected chi connectivity index (χ0v) is 10.8. The van der Waals surface area contributed by atoms with Crippen LogP contribution >= 0.6 is 0 Å². The molecule has 0 amide bonds.